The molecule has 3 rings (SSSR count). The number of aliphatic hydroxyl groups is 1. The summed E-state index contributed by atoms with van der Waals surface area (Å²) in [6, 6.07) is 3.83. The molecule has 2 unspecified atom stereocenters. The lowest BCUT2D eigenvalue weighted by Crippen LogP contribution is -2.39. The van der Waals surface area contributed by atoms with Crippen LogP contribution in [0.5, 0.6) is 0 Å². The smallest absolute Gasteiger partial charge is 0.308 e. The summed E-state index contributed by atoms with van der Waals surface area (Å²) in [4.78, 5) is 27.4. The fraction of sp³-hybridized carbons (Fsp3) is 0.586. The van der Waals surface area contributed by atoms with Gasteiger partial charge in [-0.25, -0.2) is 0 Å². The van der Waals surface area contributed by atoms with Crippen LogP contribution in [0.3, 0.4) is 0 Å². The first-order valence-corrected chi connectivity index (χ1v) is 12.9. The number of ether oxygens (including phenoxy) is 1. The zero-order chi connectivity index (χ0) is 25.6. The lowest BCUT2D eigenvalue weighted by atomic mass is 9.96. The highest BCUT2D eigenvalue weighted by Crippen LogP contribution is 2.30. The zero-order valence-corrected chi connectivity index (χ0v) is 21.9. The first kappa shape index (κ1) is 27.0. The van der Waals surface area contributed by atoms with Gasteiger partial charge in [0.1, 0.15) is 0 Å². The minimum Gasteiger partial charge on any atom is -0.465 e. The number of nitrogens with zero attached hydrogens (tertiary/aromatic N) is 1. The fourth-order valence-electron chi connectivity index (χ4n) is 4.82. The molecule has 1 aliphatic carbocycles. The number of carbonyl (C=O) groups is 2. The quantitative estimate of drug-likeness (QED) is 0.338. The van der Waals surface area contributed by atoms with Crippen molar-refractivity contribution < 1.29 is 19.4 Å². The number of carbonyl (C=O) groups excluding carboxylic acids is 2. The third-order valence-electron chi connectivity index (χ3n) is 6.91. The molecular formula is C29H42N2O4. The number of hydrogen-bond donors (Lipinski definition) is 2. The van der Waals surface area contributed by atoms with Gasteiger partial charge in [0.2, 0.25) is 0 Å². The Morgan fingerprint density at radius 1 is 1.20 bits per heavy atom. The van der Waals surface area contributed by atoms with E-state index in [9.17, 15) is 9.59 Å². The summed E-state index contributed by atoms with van der Waals surface area (Å²) in [5.41, 5.74) is 2.53. The van der Waals surface area contributed by atoms with Gasteiger partial charge in [-0.15, -0.1) is 0 Å². The Bertz CT molecular complexity index is 1050. The summed E-state index contributed by atoms with van der Waals surface area (Å²) in [6.07, 6.45) is 9.61. The number of amides is 1. The molecule has 0 saturated heterocycles. The van der Waals surface area contributed by atoms with Gasteiger partial charge < -0.3 is 20.1 Å². The second-order valence-corrected chi connectivity index (χ2v) is 11.2. The Hall–Kier alpha value is -2.60. The van der Waals surface area contributed by atoms with Gasteiger partial charge in [0, 0.05) is 42.4 Å². The summed E-state index contributed by atoms with van der Waals surface area (Å²) in [6.45, 7) is 14.3. The van der Waals surface area contributed by atoms with E-state index in [1.165, 1.54) is 0 Å². The number of esters is 1. The molecule has 1 fully saturated rings. The van der Waals surface area contributed by atoms with E-state index in [-0.39, 0.29) is 29.8 Å². The van der Waals surface area contributed by atoms with Crippen molar-refractivity contribution in [2.75, 3.05) is 26.3 Å². The molecule has 6 heteroatoms. The highest BCUT2D eigenvalue weighted by molar-refractivity contribution is 5.95. The van der Waals surface area contributed by atoms with Crippen LogP contribution in [-0.4, -0.2) is 48.2 Å². The summed E-state index contributed by atoms with van der Waals surface area (Å²) in [7, 11) is 0. The Balaban J connectivity index is 1.67. The molecule has 2 N–H and O–H groups in total. The van der Waals surface area contributed by atoms with E-state index in [0.29, 0.717) is 31.1 Å². The predicted molar refractivity (Wildman–Crippen MR) is 140 cm³/mol. The van der Waals surface area contributed by atoms with E-state index in [1.54, 1.807) is 0 Å². The number of hydrogen-bond acceptors (Lipinski definition) is 5. The van der Waals surface area contributed by atoms with Crippen molar-refractivity contribution in [2.24, 2.45) is 17.3 Å². The maximum atomic E-state index is 12.6. The van der Waals surface area contributed by atoms with E-state index in [2.05, 4.69) is 49.8 Å². The van der Waals surface area contributed by atoms with Crippen molar-refractivity contribution in [3.63, 3.8) is 0 Å². The number of nitrogens with one attached hydrogen (secondary N) is 1. The molecule has 192 valence electrons. The highest BCUT2D eigenvalue weighted by atomic mass is 16.5. The van der Waals surface area contributed by atoms with Crippen LogP contribution < -0.4 is 15.8 Å². The van der Waals surface area contributed by atoms with Crippen molar-refractivity contribution in [3.05, 3.63) is 46.0 Å². The van der Waals surface area contributed by atoms with E-state index in [1.807, 2.05) is 19.1 Å². The van der Waals surface area contributed by atoms with Crippen LogP contribution in [0.25, 0.3) is 12.3 Å². The Labute approximate surface area is 209 Å². The van der Waals surface area contributed by atoms with Gasteiger partial charge in [-0.05, 0) is 73.3 Å². The molecule has 2 atom stereocenters. The molecule has 1 aromatic carbocycles. The van der Waals surface area contributed by atoms with Crippen LogP contribution in [0.15, 0.2) is 24.4 Å². The standard InChI is InChI=1S/C29H42N2O4/c1-20-16-24-12-13-25(27(33)30-14-7-15-32)21(2)26(24)18-31(20)17-22-8-6-9-23(11-10-22)28(34)35-19-29(3,4)5/h12-13,16,18,22-23,32H,1,6-11,14-15,17,19H2,2-5H3,(H,30,33). The number of allylic oxidation sites excluding steroid dienone is 1. The van der Waals surface area contributed by atoms with E-state index in [0.717, 1.165) is 60.3 Å². The lowest BCUT2D eigenvalue weighted by Gasteiger charge is -2.28. The molecule has 0 bridgehead atoms. The topological polar surface area (TPSA) is 78.9 Å². The number of aliphatic hydroxyl groups excluding tert-OH is 1. The predicted octanol–water partition coefficient (Wildman–Crippen LogP) is 3.24. The zero-order valence-electron chi connectivity index (χ0n) is 21.9. The van der Waals surface area contributed by atoms with E-state index < -0.39 is 0 Å². The van der Waals surface area contributed by atoms with Crippen molar-refractivity contribution in [2.45, 2.75) is 66.2 Å². The van der Waals surface area contributed by atoms with Crippen LogP contribution >= 0.6 is 0 Å². The molecule has 1 aliphatic heterocycles. The molecule has 1 aromatic rings. The van der Waals surface area contributed by atoms with Crippen LogP contribution in [0.4, 0.5) is 0 Å². The summed E-state index contributed by atoms with van der Waals surface area (Å²) >= 11 is 0. The van der Waals surface area contributed by atoms with Gasteiger partial charge in [0.15, 0.2) is 0 Å². The molecule has 0 spiro atoms. The molecule has 1 heterocycles. The first-order chi connectivity index (χ1) is 16.6. The van der Waals surface area contributed by atoms with Gasteiger partial charge in [-0.3, -0.25) is 9.59 Å². The van der Waals surface area contributed by atoms with Gasteiger partial charge in [0.05, 0.1) is 12.5 Å². The highest BCUT2D eigenvalue weighted by Gasteiger charge is 2.27. The molecule has 35 heavy (non-hydrogen) atoms. The van der Waals surface area contributed by atoms with Crippen molar-refractivity contribution in [3.8, 4) is 0 Å². The maximum absolute atomic E-state index is 12.6. The molecule has 0 radical (unpaired) electrons. The third kappa shape index (κ3) is 7.44. The molecule has 0 aromatic heterocycles. The van der Waals surface area contributed by atoms with Crippen LogP contribution in [0.1, 0.15) is 75.2 Å². The van der Waals surface area contributed by atoms with Crippen LogP contribution in [0.2, 0.25) is 0 Å². The van der Waals surface area contributed by atoms with Crippen LogP contribution in [0, 0.1) is 24.2 Å². The SMILES string of the molecule is C=C1C=c2ccc(C(=O)NCCCO)c(C)c2=CN1CC1CCCC(C(=O)OCC(C)(C)C)CC1. The van der Waals surface area contributed by atoms with Gasteiger partial charge in [0.25, 0.3) is 5.91 Å². The number of benzene rings is 1. The maximum Gasteiger partial charge on any atom is 0.308 e. The molecular weight excluding hydrogens is 440 g/mol. The largest absolute Gasteiger partial charge is 0.465 e. The summed E-state index contributed by atoms with van der Waals surface area (Å²) in [5, 5.41) is 14.0. The van der Waals surface area contributed by atoms with Crippen LogP contribution in [-0.2, 0) is 9.53 Å². The minimum absolute atomic E-state index is 0.00248. The van der Waals surface area contributed by atoms with Crippen molar-refractivity contribution in [1.29, 1.82) is 0 Å². The third-order valence-corrected chi connectivity index (χ3v) is 6.91. The van der Waals surface area contributed by atoms with Gasteiger partial charge >= 0.3 is 5.97 Å². The monoisotopic (exact) mass is 482 g/mol. The molecule has 1 saturated carbocycles. The average Bonchev–Trinajstić information content (AvgIpc) is 3.04. The van der Waals surface area contributed by atoms with Crippen molar-refractivity contribution in [1.82, 2.24) is 10.2 Å². The van der Waals surface area contributed by atoms with Crippen molar-refractivity contribution >= 4 is 24.2 Å². The van der Waals surface area contributed by atoms with Gasteiger partial charge in [-0.2, -0.15) is 0 Å². The molecule has 6 nitrogen and oxygen atoms in total. The number of fused-ring (bicyclic) bond motifs is 1. The normalized spacial score (nSPS) is 20.3. The lowest BCUT2D eigenvalue weighted by molar-refractivity contribution is -0.151. The second-order valence-electron chi connectivity index (χ2n) is 11.2. The Morgan fingerprint density at radius 3 is 2.69 bits per heavy atom. The average molecular weight is 483 g/mol. The Morgan fingerprint density at radius 2 is 1.97 bits per heavy atom. The second kappa shape index (κ2) is 11.9. The van der Waals surface area contributed by atoms with E-state index in [4.69, 9.17) is 9.84 Å². The molecule has 2 aliphatic rings. The summed E-state index contributed by atoms with van der Waals surface area (Å²) < 4.78 is 5.60. The fourth-order valence-corrected chi connectivity index (χ4v) is 4.82. The summed E-state index contributed by atoms with van der Waals surface area (Å²) in [5.74, 6) is 0.314. The number of rotatable bonds is 8. The Kier molecular flexibility index (Phi) is 9.17. The van der Waals surface area contributed by atoms with Gasteiger partial charge in [-0.1, -0.05) is 39.8 Å². The molecule has 1 amide bonds. The minimum atomic E-state index is -0.115. The van der Waals surface area contributed by atoms with E-state index >= 15 is 0 Å². The first-order valence-electron chi connectivity index (χ1n) is 12.9.